The lowest BCUT2D eigenvalue weighted by Gasteiger charge is -2.11. The largest absolute Gasteiger partial charge is 0.244 e. The lowest BCUT2D eigenvalue weighted by atomic mass is 10.3. The van der Waals surface area contributed by atoms with Gasteiger partial charge in [-0.2, -0.15) is 8.75 Å². The Morgan fingerprint density at radius 2 is 1.88 bits per heavy atom. The number of nitrogens with zero attached hydrogens (tertiary/aromatic N) is 3. The zero-order valence-corrected chi connectivity index (χ0v) is 10.9. The van der Waals surface area contributed by atoms with Crippen molar-refractivity contribution in [2.24, 2.45) is 0 Å². The van der Waals surface area contributed by atoms with Gasteiger partial charge < -0.3 is 0 Å². The number of hydrogen-bond acceptors (Lipinski definition) is 5. The Morgan fingerprint density at radius 3 is 2.50 bits per heavy atom. The fraction of sp³-hybridized carbons (Fsp3) is 0.250. The van der Waals surface area contributed by atoms with Crippen molar-refractivity contribution >= 4 is 44.4 Å². The smallest absolute Gasteiger partial charge is 0.207 e. The van der Waals surface area contributed by atoms with E-state index in [0.717, 1.165) is 16.0 Å². The van der Waals surface area contributed by atoms with Crippen LogP contribution in [0.2, 0.25) is 5.02 Å². The van der Waals surface area contributed by atoms with Gasteiger partial charge in [-0.15, -0.1) is 0 Å². The summed E-state index contributed by atoms with van der Waals surface area (Å²) < 4.78 is 33.0. The van der Waals surface area contributed by atoms with E-state index < -0.39 is 10.0 Å². The monoisotopic (exact) mass is 277 g/mol. The molecular formula is C8H8ClN3O2S2. The van der Waals surface area contributed by atoms with E-state index in [0.29, 0.717) is 16.1 Å². The lowest BCUT2D eigenvalue weighted by molar-refractivity contribution is 0.521. The van der Waals surface area contributed by atoms with Crippen LogP contribution in [0.5, 0.6) is 0 Å². The number of aromatic nitrogens is 2. The molecule has 0 amide bonds. The molecule has 0 saturated heterocycles. The molecule has 0 N–H and O–H groups in total. The SMILES string of the molecule is CN(C)S(=O)(=O)c1ccc(Cl)c2nsnc12. The topological polar surface area (TPSA) is 63.2 Å². The molecule has 2 aromatic rings. The summed E-state index contributed by atoms with van der Waals surface area (Å²) in [5, 5.41) is 0.404. The summed E-state index contributed by atoms with van der Waals surface area (Å²) in [6, 6.07) is 2.96. The van der Waals surface area contributed by atoms with Crippen molar-refractivity contribution in [3.05, 3.63) is 17.2 Å². The molecule has 0 aliphatic carbocycles. The zero-order chi connectivity index (χ0) is 11.9. The van der Waals surface area contributed by atoms with E-state index in [1.54, 1.807) is 0 Å². The van der Waals surface area contributed by atoms with Crippen LogP contribution in [-0.4, -0.2) is 35.6 Å². The summed E-state index contributed by atoms with van der Waals surface area (Å²) in [6.07, 6.45) is 0. The van der Waals surface area contributed by atoms with Crippen LogP contribution in [0, 0.1) is 0 Å². The van der Waals surface area contributed by atoms with E-state index in [4.69, 9.17) is 11.6 Å². The van der Waals surface area contributed by atoms with Crippen molar-refractivity contribution in [1.29, 1.82) is 0 Å². The summed E-state index contributed by atoms with van der Waals surface area (Å²) >= 11 is 6.84. The molecule has 8 heteroatoms. The fourth-order valence-corrected chi connectivity index (χ4v) is 3.11. The van der Waals surface area contributed by atoms with E-state index in [2.05, 4.69) is 8.75 Å². The molecular weight excluding hydrogens is 270 g/mol. The summed E-state index contributed by atoms with van der Waals surface area (Å²) in [6.45, 7) is 0. The Hall–Kier alpha value is -0.760. The third kappa shape index (κ3) is 1.69. The van der Waals surface area contributed by atoms with Gasteiger partial charge in [0.1, 0.15) is 15.9 Å². The highest BCUT2D eigenvalue weighted by Crippen LogP contribution is 2.28. The number of rotatable bonds is 2. The second-order valence-electron chi connectivity index (χ2n) is 3.29. The van der Waals surface area contributed by atoms with Crippen LogP contribution in [0.15, 0.2) is 17.0 Å². The highest BCUT2D eigenvalue weighted by Gasteiger charge is 2.23. The van der Waals surface area contributed by atoms with Gasteiger partial charge in [-0.1, -0.05) is 11.6 Å². The first kappa shape index (κ1) is 11.7. The second-order valence-corrected chi connectivity index (χ2v) is 6.35. The zero-order valence-electron chi connectivity index (χ0n) is 8.51. The van der Waals surface area contributed by atoms with Crippen molar-refractivity contribution in [2.45, 2.75) is 4.90 Å². The Morgan fingerprint density at radius 1 is 1.25 bits per heavy atom. The van der Waals surface area contributed by atoms with Gasteiger partial charge in [0, 0.05) is 14.1 Å². The predicted octanol–water partition coefficient (Wildman–Crippen LogP) is 1.60. The maximum absolute atomic E-state index is 12.0. The minimum absolute atomic E-state index is 0.130. The molecule has 1 aromatic heterocycles. The first-order valence-corrected chi connectivity index (χ1v) is 6.82. The van der Waals surface area contributed by atoms with Gasteiger partial charge in [-0.25, -0.2) is 12.7 Å². The van der Waals surface area contributed by atoms with E-state index in [9.17, 15) is 8.42 Å². The summed E-state index contributed by atoms with van der Waals surface area (Å²) in [7, 11) is -0.576. The molecule has 0 atom stereocenters. The number of halogens is 1. The second kappa shape index (κ2) is 3.92. The first-order valence-electron chi connectivity index (χ1n) is 4.28. The minimum Gasteiger partial charge on any atom is -0.207 e. The molecule has 1 heterocycles. The minimum atomic E-state index is -3.51. The van der Waals surface area contributed by atoms with Crippen molar-refractivity contribution in [2.75, 3.05) is 14.1 Å². The Balaban J connectivity index is 2.81. The fourth-order valence-electron chi connectivity index (χ4n) is 1.22. The molecule has 16 heavy (non-hydrogen) atoms. The molecule has 0 fully saturated rings. The Labute approximate surface area is 102 Å². The van der Waals surface area contributed by atoms with Crippen LogP contribution in [-0.2, 0) is 10.0 Å². The molecule has 0 saturated carbocycles. The molecule has 0 bridgehead atoms. The van der Waals surface area contributed by atoms with Crippen LogP contribution in [0.3, 0.4) is 0 Å². The highest BCUT2D eigenvalue weighted by molar-refractivity contribution is 7.89. The Kier molecular flexibility index (Phi) is 2.87. The predicted molar refractivity (Wildman–Crippen MR) is 63.3 cm³/mol. The van der Waals surface area contributed by atoms with Crippen LogP contribution in [0.1, 0.15) is 0 Å². The Bertz CT molecular complexity index is 636. The number of sulfonamides is 1. The maximum Gasteiger partial charge on any atom is 0.244 e. The molecule has 0 aliphatic heterocycles. The van der Waals surface area contributed by atoms with Crippen LogP contribution >= 0.6 is 23.3 Å². The van der Waals surface area contributed by atoms with Crippen molar-refractivity contribution < 1.29 is 8.42 Å². The van der Waals surface area contributed by atoms with E-state index in [1.165, 1.54) is 26.2 Å². The molecule has 0 unspecified atom stereocenters. The molecule has 0 aliphatic rings. The van der Waals surface area contributed by atoms with Gasteiger partial charge in [0.05, 0.1) is 16.8 Å². The van der Waals surface area contributed by atoms with Gasteiger partial charge in [0.2, 0.25) is 10.0 Å². The van der Waals surface area contributed by atoms with E-state index in [1.807, 2.05) is 0 Å². The number of hydrogen-bond donors (Lipinski definition) is 0. The molecule has 0 spiro atoms. The van der Waals surface area contributed by atoms with Crippen LogP contribution in [0.4, 0.5) is 0 Å². The normalized spacial score (nSPS) is 12.5. The van der Waals surface area contributed by atoms with Gasteiger partial charge in [-0.3, -0.25) is 0 Å². The highest BCUT2D eigenvalue weighted by atomic mass is 35.5. The molecule has 86 valence electrons. The summed E-state index contributed by atoms with van der Waals surface area (Å²) in [5.41, 5.74) is 0.751. The van der Waals surface area contributed by atoms with Gasteiger partial charge in [0.15, 0.2) is 0 Å². The third-order valence-electron chi connectivity index (χ3n) is 2.09. The maximum atomic E-state index is 12.0. The quantitative estimate of drug-likeness (QED) is 0.836. The van der Waals surface area contributed by atoms with Gasteiger partial charge >= 0.3 is 0 Å². The average molecular weight is 278 g/mol. The van der Waals surface area contributed by atoms with Crippen molar-refractivity contribution in [3.8, 4) is 0 Å². The molecule has 2 rings (SSSR count). The standard InChI is InChI=1S/C8H8ClN3O2S2/c1-12(2)16(13,14)6-4-3-5(9)7-8(6)11-15-10-7/h3-4H,1-2H3. The van der Waals surface area contributed by atoms with Gasteiger partial charge in [0.25, 0.3) is 0 Å². The van der Waals surface area contributed by atoms with Crippen molar-refractivity contribution in [1.82, 2.24) is 13.1 Å². The summed E-state index contributed by atoms with van der Waals surface area (Å²) in [5.74, 6) is 0. The molecule has 0 radical (unpaired) electrons. The van der Waals surface area contributed by atoms with Gasteiger partial charge in [-0.05, 0) is 12.1 Å². The van der Waals surface area contributed by atoms with Crippen LogP contribution in [0.25, 0.3) is 11.0 Å². The average Bonchev–Trinajstić information content (AvgIpc) is 2.66. The van der Waals surface area contributed by atoms with Crippen molar-refractivity contribution in [3.63, 3.8) is 0 Å². The summed E-state index contributed by atoms with van der Waals surface area (Å²) in [4.78, 5) is 0.130. The lowest BCUT2D eigenvalue weighted by Crippen LogP contribution is -2.22. The van der Waals surface area contributed by atoms with E-state index in [-0.39, 0.29) is 4.90 Å². The first-order chi connectivity index (χ1) is 7.44. The molecule has 5 nitrogen and oxygen atoms in total. The van der Waals surface area contributed by atoms with E-state index >= 15 is 0 Å². The number of fused-ring (bicyclic) bond motifs is 1. The number of benzene rings is 1. The van der Waals surface area contributed by atoms with Crippen LogP contribution < -0.4 is 0 Å². The molecule has 1 aromatic carbocycles. The third-order valence-corrected chi connectivity index (χ3v) is 4.77.